The van der Waals surface area contributed by atoms with Crippen LogP contribution in [0.4, 0.5) is 0 Å². The van der Waals surface area contributed by atoms with E-state index in [1.54, 1.807) is 0 Å². The van der Waals surface area contributed by atoms with Crippen molar-refractivity contribution in [1.29, 1.82) is 0 Å². The van der Waals surface area contributed by atoms with Gasteiger partial charge in [-0.05, 0) is 19.3 Å². The van der Waals surface area contributed by atoms with Gasteiger partial charge in [-0.25, -0.2) is 0 Å². The van der Waals surface area contributed by atoms with Crippen LogP contribution < -0.4 is 0 Å². The van der Waals surface area contributed by atoms with Crippen LogP contribution in [0.3, 0.4) is 0 Å². The Hall–Kier alpha value is -0.275. The van der Waals surface area contributed by atoms with Gasteiger partial charge in [0.1, 0.15) is 0 Å². The van der Waals surface area contributed by atoms with Crippen molar-refractivity contribution in [3.8, 4) is 0 Å². The molecule has 45 valence electrons. The van der Waals surface area contributed by atoms with Gasteiger partial charge in [-0.3, -0.25) is 0 Å². The molecular weight excluding hydrogens is 103 g/mol. The highest BCUT2D eigenvalue weighted by Crippen LogP contribution is 2.05. The van der Waals surface area contributed by atoms with E-state index in [-0.39, 0.29) is 7.69 Å². The summed E-state index contributed by atoms with van der Waals surface area (Å²) in [5, 5.41) is 14.0. The summed E-state index contributed by atoms with van der Waals surface area (Å²) in [5.41, 5.74) is 0. The average molecular weight is 113 g/mol. The Bertz CT molecular complexity index is 57.4. The van der Waals surface area contributed by atoms with Crippen molar-refractivity contribution in [2.45, 2.75) is 19.3 Å². The van der Waals surface area contributed by atoms with E-state index in [1.807, 2.05) is 0 Å². The molecule has 0 bridgehead atoms. The minimum Gasteiger partial charge on any atom is -0.429 e. The van der Waals surface area contributed by atoms with E-state index in [0.29, 0.717) is 0 Å². The molecule has 2 nitrogen and oxygen atoms in total. The van der Waals surface area contributed by atoms with Gasteiger partial charge in [0.2, 0.25) is 0 Å². The average Bonchev–Trinajstić information content (AvgIpc) is 2.17. The molecule has 0 aromatic heterocycles. The van der Waals surface area contributed by atoms with Crippen molar-refractivity contribution >= 4 is 7.69 Å². The fourth-order valence-electron chi connectivity index (χ4n) is 0.589. The van der Waals surface area contributed by atoms with Crippen LogP contribution in [-0.2, 0) is 0 Å². The van der Waals surface area contributed by atoms with Gasteiger partial charge < -0.3 is 10.0 Å². The lowest BCUT2D eigenvalue weighted by Gasteiger charge is -1.69. The van der Waals surface area contributed by atoms with Gasteiger partial charge in [0, 0.05) is 0 Å². The van der Waals surface area contributed by atoms with E-state index in [2.05, 4.69) is 12.2 Å². The maximum Gasteiger partial charge on any atom is 0.482 e. The third kappa shape index (κ3) is 5.72. The first kappa shape index (κ1) is 7.72. The van der Waals surface area contributed by atoms with Crippen molar-refractivity contribution in [3.05, 3.63) is 12.2 Å². The summed E-state index contributed by atoms with van der Waals surface area (Å²) in [6.45, 7) is 0. The Morgan fingerprint density at radius 3 is 1.62 bits per heavy atom. The second-order valence-electron chi connectivity index (χ2n) is 1.52. The maximum absolute atomic E-state index is 7.00. The fourth-order valence-corrected chi connectivity index (χ4v) is 0.589. The van der Waals surface area contributed by atoms with Gasteiger partial charge in [-0.1, -0.05) is 12.2 Å². The van der Waals surface area contributed by atoms with E-state index in [0.717, 1.165) is 0 Å². The monoisotopic (exact) mass is 113 g/mol. The highest BCUT2D eigenvalue weighted by molar-refractivity contribution is 6.13. The number of rotatable bonds is 0. The zero-order valence-electron chi connectivity index (χ0n) is 4.75. The molecule has 2 N–H and O–H groups in total. The summed E-state index contributed by atoms with van der Waals surface area (Å²) in [6.07, 6.45) is 8.50. The Labute approximate surface area is 50.2 Å². The van der Waals surface area contributed by atoms with Gasteiger partial charge in [0.15, 0.2) is 0 Å². The first-order valence-electron chi connectivity index (χ1n) is 2.67. The Morgan fingerprint density at radius 1 is 1.12 bits per heavy atom. The standard InChI is InChI=1S/C5H8.BH2O2/c1-2-4-5-3-1;2-1-3/h1-2H,3-5H2;2-3H. The molecule has 8 heavy (non-hydrogen) atoms. The lowest BCUT2D eigenvalue weighted by atomic mass is 10.4. The third-order valence-corrected chi connectivity index (χ3v) is 0.908. The topological polar surface area (TPSA) is 40.5 Å². The van der Waals surface area contributed by atoms with Gasteiger partial charge in [-0.15, -0.1) is 0 Å². The molecule has 0 heterocycles. The molecule has 0 aromatic rings. The highest BCUT2D eigenvalue weighted by Gasteiger charge is 1.84. The first-order valence-corrected chi connectivity index (χ1v) is 2.67. The Balaban J connectivity index is 0.000000145. The highest BCUT2D eigenvalue weighted by atomic mass is 16.4. The zero-order valence-corrected chi connectivity index (χ0v) is 4.75. The minimum absolute atomic E-state index is 0. The van der Waals surface area contributed by atoms with Crippen molar-refractivity contribution in [2.24, 2.45) is 0 Å². The number of allylic oxidation sites excluding steroid dienone is 2. The summed E-state index contributed by atoms with van der Waals surface area (Å²) < 4.78 is 0. The molecule has 0 unspecified atom stereocenters. The van der Waals surface area contributed by atoms with Crippen LogP contribution in [0, 0.1) is 0 Å². The molecule has 0 aromatic carbocycles. The predicted molar refractivity (Wildman–Crippen MR) is 33.2 cm³/mol. The minimum atomic E-state index is 0. The van der Waals surface area contributed by atoms with Crippen LogP contribution in [0.25, 0.3) is 0 Å². The summed E-state index contributed by atoms with van der Waals surface area (Å²) >= 11 is 0. The first-order chi connectivity index (χ1) is 3.91. The summed E-state index contributed by atoms with van der Waals surface area (Å²) in [4.78, 5) is 0. The zero-order chi connectivity index (χ0) is 6.24. The molecule has 1 aliphatic carbocycles. The molecule has 1 aliphatic rings. The quantitative estimate of drug-likeness (QED) is 0.348. The molecule has 1 radical (unpaired) electrons. The number of hydrogen-bond donors (Lipinski definition) is 2. The molecule has 1 rings (SSSR count). The van der Waals surface area contributed by atoms with Gasteiger partial charge in [0.25, 0.3) is 0 Å². The van der Waals surface area contributed by atoms with Crippen LogP contribution >= 0.6 is 0 Å². The lowest BCUT2D eigenvalue weighted by Crippen LogP contribution is -1.75. The largest absolute Gasteiger partial charge is 0.482 e. The SMILES string of the molecule is C1=CCCC1.O[B]O. The third-order valence-electron chi connectivity index (χ3n) is 0.908. The molecule has 3 heteroatoms. The summed E-state index contributed by atoms with van der Waals surface area (Å²) in [5.74, 6) is 0. The predicted octanol–water partition coefficient (Wildman–Crippen LogP) is 0.232. The second kappa shape index (κ2) is 6.72. The Kier molecular flexibility index (Phi) is 6.49. The maximum atomic E-state index is 7.00. The van der Waals surface area contributed by atoms with Crippen LogP contribution in [0.1, 0.15) is 19.3 Å². The molecule has 0 fully saturated rings. The molecule has 0 amide bonds. The summed E-state index contributed by atoms with van der Waals surface area (Å²) in [7, 11) is 0. The van der Waals surface area contributed by atoms with Crippen molar-refractivity contribution < 1.29 is 10.0 Å². The van der Waals surface area contributed by atoms with E-state index in [1.165, 1.54) is 19.3 Å². The van der Waals surface area contributed by atoms with Crippen LogP contribution in [-0.4, -0.2) is 17.7 Å². The van der Waals surface area contributed by atoms with Gasteiger partial charge >= 0.3 is 7.69 Å². The van der Waals surface area contributed by atoms with Gasteiger partial charge in [0.05, 0.1) is 0 Å². The van der Waals surface area contributed by atoms with Gasteiger partial charge in [-0.2, -0.15) is 0 Å². The van der Waals surface area contributed by atoms with Crippen molar-refractivity contribution in [1.82, 2.24) is 0 Å². The van der Waals surface area contributed by atoms with Crippen LogP contribution in [0.5, 0.6) is 0 Å². The van der Waals surface area contributed by atoms with Crippen molar-refractivity contribution in [3.63, 3.8) is 0 Å². The molecule has 0 aliphatic heterocycles. The molecule has 0 spiro atoms. The van der Waals surface area contributed by atoms with E-state index in [4.69, 9.17) is 10.0 Å². The number of hydrogen-bond acceptors (Lipinski definition) is 2. The van der Waals surface area contributed by atoms with E-state index >= 15 is 0 Å². The van der Waals surface area contributed by atoms with Crippen molar-refractivity contribution in [2.75, 3.05) is 0 Å². The fraction of sp³-hybridized carbons (Fsp3) is 0.600. The smallest absolute Gasteiger partial charge is 0.429 e. The molecule has 0 atom stereocenters. The van der Waals surface area contributed by atoms with Crippen LogP contribution in [0.15, 0.2) is 12.2 Å². The van der Waals surface area contributed by atoms with E-state index in [9.17, 15) is 0 Å². The molecule has 0 saturated heterocycles. The lowest BCUT2D eigenvalue weighted by molar-refractivity contribution is 0.448. The normalized spacial score (nSPS) is 14.8. The second-order valence-corrected chi connectivity index (χ2v) is 1.52. The molecular formula is C5H10BO2. The van der Waals surface area contributed by atoms with E-state index < -0.39 is 0 Å². The molecule has 0 saturated carbocycles. The summed E-state index contributed by atoms with van der Waals surface area (Å²) in [6, 6.07) is 0. The Morgan fingerprint density at radius 2 is 1.50 bits per heavy atom. The van der Waals surface area contributed by atoms with Crippen LogP contribution in [0.2, 0.25) is 0 Å².